The fourth-order valence-corrected chi connectivity index (χ4v) is 10.0. The summed E-state index contributed by atoms with van der Waals surface area (Å²) >= 11 is 1.92. The van der Waals surface area contributed by atoms with Crippen LogP contribution in [0.25, 0.3) is 91.6 Å². The van der Waals surface area contributed by atoms with E-state index in [0.717, 1.165) is 6.42 Å². The zero-order valence-corrected chi connectivity index (χ0v) is 27.6. The molecule has 0 fully saturated rings. The maximum absolute atomic E-state index is 2.43. The van der Waals surface area contributed by atoms with Gasteiger partial charge in [-0.25, -0.2) is 0 Å². The molecule has 8 aromatic carbocycles. The van der Waals surface area contributed by atoms with Gasteiger partial charge in [-0.05, 0) is 94.5 Å². The SMILES string of the molecule is C1=CC2=Cc3ccc4c(-c5c6ccccc6c(-c6ccc7c(c6)sc6c8ccccc8ccc76)c6ccccc56)cccc4c3CC2C=C1. The highest BCUT2D eigenvalue weighted by atomic mass is 32.1. The van der Waals surface area contributed by atoms with Crippen molar-refractivity contribution in [3.8, 4) is 22.3 Å². The molecule has 0 aliphatic heterocycles. The summed E-state index contributed by atoms with van der Waals surface area (Å²) in [6, 6.07) is 50.2. The lowest BCUT2D eigenvalue weighted by Crippen LogP contribution is -2.12. The van der Waals surface area contributed by atoms with E-state index in [-0.39, 0.29) is 0 Å². The molecule has 0 saturated heterocycles. The van der Waals surface area contributed by atoms with Crippen molar-refractivity contribution in [3.05, 3.63) is 174 Å². The van der Waals surface area contributed by atoms with E-state index < -0.39 is 0 Å². The highest BCUT2D eigenvalue weighted by molar-refractivity contribution is 7.26. The van der Waals surface area contributed by atoms with Gasteiger partial charge >= 0.3 is 0 Å². The average molecular weight is 639 g/mol. The Morgan fingerprint density at radius 3 is 2.02 bits per heavy atom. The van der Waals surface area contributed by atoms with Crippen LogP contribution in [-0.2, 0) is 6.42 Å². The minimum atomic E-state index is 0.449. The second kappa shape index (κ2) is 10.4. The van der Waals surface area contributed by atoms with E-state index in [1.807, 2.05) is 11.3 Å². The fourth-order valence-electron chi connectivity index (χ4n) is 8.75. The van der Waals surface area contributed by atoms with Crippen molar-refractivity contribution in [1.82, 2.24) is 0 Å². The van der Waals surface area contributed by atoms with Crippen LogP contribution in [0.4, 0.5) is 0 Å². The predicted molar refractivity (Wildman–Crippen MR) is 214 cm³/mol. The number of hydrogen-bond donors (Lipinski definition) is 0. The van der Waals surface area contributed by atoms with Crippen molar-refractivity contribution >= 4 is 80.7 Å². The number of fused-ring (bicyclic) bond motifs is 11. The minimum Gasteiger partial charge on any atom is -0.135 e. The Morgan fingerprint density at radius 2 is 1.20 bits per heavy atom. The minimum absolute atomic E-state index is 0.449. The van der Waals surface area contributed by atoms with Gasteiger partial charge in [0.1, 0.15) is 0 Å². The fraction of sp³-hybridized carbons (Fsp3) is 0.0417. The Hall–Kier alpha value is -5.76. The van der Waals surface area contributed by atoms with E-state index in [4.69, 9.17) is 0 Å². The molecule has 1 unspecified atom stereocenters. The van der Waals surface area contributed by atoms with Crippen molar-refractivity contribution in [1.29, 1.82) is 0 Å². The van der Waals surface area contributed by atoms with Crippen LogP contribution in [0.5, 0.6) is 0 Å². The van der Waals surface area contributed by atoms with Gasteiger partial charge in [0.15, 0.2) is 0 Å². The lowest BCUT2D eigenvalue weighted by atomic mass is 9.78. The van der Waals surface area contributed by atoms with Gasteiger partial charge in [-0.15, -0.1) is 11.3 Å². The van der Waals surface area contributed by atoms with Crippen LogP contribution in [0.15, 0.2) is 163 Å². The third-order valence-electron chi connectivity index (χ3n) is 11.0. The number of benzene rings is 8. The van der Waals surface area contributed by atoms with Crippen LogP contribution in [0.2, 0.25) is 0 Å². The summed E-state index contributed by atoms with van der Waals surface area (Å²) in [4.78, 5) is 0. The summed E-state index contributed by atoms with van der Waals surface area (Å²) in [5, 5.41) is 13.2. The van der Waals surface area contributed by atoms with E-state index in [1.165, 1.54) is 102 Å². The Bertz CT molecular complexity index is 2910. The first kappa shape index (κ1) is 27.2. The summed E-state index contributed by atoms with van der Waals surface area (Å²) in [6.45, 7) is 0. The Morgan fingerprint density at radius 1 is 0.510 bits per heavy atom. The molecule has 1 atom stereocenters. The molecule has 1 heteroatoms. The molecule has 9 aromatic rings. The quantitative estimate of drug-likeness (QED) is 0.165. The zero-order valence-electron chi connectivity index (χ0n) is 26.8. The number of thiophene rings is 1. The smallest absolute Gasteiger partial charge is 0.0433 e. The van der Waals surface area contributed by atoms with Gasteiger partial charge in [-0.1, -0.05) is 158 Å². The second-order valence-corrected chi connectivity index (χ2v) is 14.6. The first-order valence-corrected chi connectivity index (χ1v) is 18.0. The summed E-state index contributed by atoms with van der Waals surface area (Å²) in [5.41, 5.74) is 9.44. The van der Waals surface area contributed by atoms with Gasteiger partial charge in [-0.2, -0.15) is 0 Å². The molecule has 0 saturated carbocycles. The molecule has 11 rings (SSSR count). The molecule has 0 radical (unpaired) electrons. The van der Waals surface area contributed by atoms with E-state index in [0.29, 0.717) is 5.92 Å². The van der Waals surface area contributed by atoms with Gasteiger partial charge in [-0.3, -0.25) is 0 Å². The van der Waals surface area contributed by atoms with Crippen LogP contribution >= 0.6 is 11.3 Å². The first-order valence-electron chi connectivity index (χ1n) is 17.2. The lowest BCUT2D eigenvalue weighted by Gasteiger charge is -2.26. The molecule has 0 nitrogen and oxygen atoms in total. The largest absolute Gasteiger partial charge is 0.135 e. The molecule has 0 bridgehead atoms. The average Bonchev–Trinajstić information content (AvgIpc) is 3.54. The molecular weight excluding hydrogens is 609 g/mol. The third kappa shape index (κ3) is 3.97. The van der Waals surface area contributed by atoms with E-state index in [2.05, 4.69) is 164 Å². The topological polar surface area (TPSA) is 0 Å². The van der Waals surface area contributed by atoms with Crippen LogP contribution in [0, 0.1) is 5.92 Å². The van der Waals surface area contributed by atoms with Crippen LogP contribution in [0.3, 0.4) is 0 Å². The van der Waals surface area contributed by atoms with Crippen molar-refractivity contribution in [2.75, 3.05) is 0 Å². The van der Waals surface area contributed by atoms with Gasteiger partial charge in [0.25, 0.3) is 0 Å². The molecule has 228 valence electrons. The molecule has 0 amide bonds. The summed E-state index contributed by atoms with van der Waals surface area (Å²) in [6.07, 6.45) is 12.4. The van der Waals surface area contributed by atoms with Crippen LogP contribution < -0.4 is 0 Å². The standard InChI is InChI=1S/C48H30S/c1-2-12-31-27-44-32(26-30(31)11-1)21-23-36-35(44)18-9-19-38(36)47-41-16-7-5-14-39(41)46(40-15-6-8-17-42(40)47)33-22-24-37-43-25-20-29-10-3-4-13-34(29)48(43)49-45(37)28-33/h1-26,28,31H,27H2. The summed E-state index contributed by atoms with van der Waals surface area (Å²) in [7, 11) is 0. The lowest BCUT2D eigenvalue weighted by molar-refractivity contribution is 0.764. The molecule has 0 N–H and O–H groups in total. The van der Waals surface area contributed by atoms with Gasteiger partial charge in [0.05, 0.1) is 0 Å². The van der Waals surface area contributed by atoms with Crippen molar-refractivity contribution < 1.29 is 0 Å². The highest BCUT2D eigenvalue weighted by Crippen LogP contribution is 2.48. The normalized spacial score (nSPS) is 15.4. The predicted octanol–water partition coefficient (Wildman–Crippen LogP) is 13.7. The third-order valence-corrected chi connectivity index (χ3v) is 12.2. The van der Waals surface area contributed by atoms with E-state index in [9.17, 15) is 0 Å². The zero-order chi connectivity index (χ0) is 32.1. The Labute approximate surface area is 288 Å². The van der Waals surface area contributed by atoms with Gasteiger partial charge in [0.2, 0.25) is 0 Å². The molecule has 2 aliphatic carbocycles. The van der Waals surface area contributed by atoms with Crippen LogP contribution in [0.1, 0.15) is 11.1 Å². The summed E-state index contributed by atoms with van der Waals surface area (Å²) < 4.78 is 2.71. The Balaban J connectivity index is 1.17. The molecule has 49 heavy (non-hydrogen) atoms. The number of allylic oxidation sites excluding steroid dienone is 5. The highest BCUT2D eigenvalue weighted by Gasteiger charge is 2.23. The number of hydrogen-bond acceptors (Lipinski definition) is 1. The maximum atomic E-state index is 2.43. The van der Waals surface area contributed by atoms with Crippen molar-refractivity contribution in [3.63, 3.8) is 0 Å². The van der Waals surface area contributed by atoms with Crippen LogP contribution in [-0.4, -0.2) is 0 Å². The number of rotatable bonds is 2. The monoisotopic (exact) mass is 638 g/mol. The van der Waals surface area contributed by atoms with Crippen molar-refractivity contribution in [2.45, 2.75) is 6.42 Å². The van der Waals surface area contributed by atoms with Gasteiger partial charge in [0, 0.05) is 26.1 Å². The van der Waals surface area contributed by atoms with E-state index in [1.54, 1.807) is 0 Å². The molecule has 0 spiro atoms. The molecular formula is C48H30S. The van der Waals surface area contributed by atoms with E-state index >= 15 is 0 Å². The van der Waals surface area contributed by atoms with Gasteiger partial charge < -0.3 is 0 Å². The second-order valence-electron chi connectivity index (χ2n) is 13.6. The maximum Gasteiger partial charge on any atom is 0.0433 e. The first-order chi connectivity index (χ1) is 24.3. The molecule has 1 heterocycles. The Kier molecular flexibility index (Phi) is 5.76. The molecule has 2 aliphatic rings. The molecule has 1 aromatic heterocycles. The summed E-state index contributed by atoms with van der Waals surface area (Å²) in [5.74, 6) is 0.449. The van der Waals surface area contributed by atoms with Crippen molar-refractivity contribution in [2.24, 2.45) is 5.92 Å².